The maximum Gasteiger partial charge on any atom is 0.307 e. The summed E-state index contributed by atoms with van der Waals surface area (Å²) in [5.41, 5.74) is 0.939. The van der Waals surface area contributed by atoms with Crippen LogP contribution in [0.2, 0.25) is 0 Å². The van der Waals surface area contributed by atoms with Gasteiger partial charge in [0, 0.05) is 24.4 Å². The maximum atomic E-state index is 12.9. The van der Waals surface area contributed by atoms with Gasteiger partial charge >= 0.3 is 5.97 Å². The molecule has 9 heteroatoms. The van der Waals surface area contributed by atoms with Crippen molar-refractivity contribution < 1.29 is 23.8 Å². The number of furan rings is 1. The third-order valence-corrected chi connectivity index (χ3v) is 5.42. The van der Waals surface area contributed by atoms with Crippen molar-refractivity contribution in [1.82, 2.24) is 15.0 Å². The first-order chi connectivity index (χ1) is 16.0. The molecule has 0 bridgehead atoms. The summed E-state index contributed by atoms with van der Waals surface area (Å²) in [5.74, 6) is -1.81. The summed E-state index contributed by atoms with van der Waals surface area (Å²) < 4.78 is 12.2. The van der Waals surface area contributed by atoms with Crippen molar-refractivity contribution in [2.75, 3.05) is 6.61 Å². The fourth-order valence-corrected chi connectivity index (χ4v) is 3.63. The van der Waals surface area contributed by atoms with E-state index in [4.69, 9.17) is 9.15 Å². The van der Waals surface area contributed by atoms with Gasteiger partial charge in [0.2, 0.25) is 0 Å². The molecule has 0 saturated carbocycles. The Morgan fingerprint density at radius 1 is 1.18 bits per heavy atom. The van der Waals surface area contributed by atoms with Crippen LogP contribution in [0.3, 0.4) is 0 Å². The number of aryl methyl sites for hydroxylation is 1. The van der Waals surface area contributed by atoms with Crippen molar-refractivity contribution in [3.8, 4) is 5.75 Å². The van der Waals surface area contributed by atoms with Crippen LogP contribution >= 0.6 is 0 Å². The van der Waals surface area contributed by atoms with E-state index in [1.165, 1.54) is 6.26 Å². The zero-order chi connectivity index (χ0) is 23.4. The van der Waals surface area contributed by atoms with Crippen LogP contribution in [0.5, 0.6) is 5.75 Å². The number of Topliss-reactive ketones (excluding diaryl/α,β-unsaturated/α-hetero) is 1. The minimum absolute atomic E-state index is 0.0329. The molecule has 0 aliphatic rings. The molecule has 170 valence electrons. The first-order valence-corrected chi connectivity index (χ1v) is 10.7. The molecule has 0 radical (unpaired) electrons. The van der Waals surface area contributed by atoms with Gasteiger partial charge in [-0.05, 0) is 37.1 Å². The molecule has 0 aliphatic carbocycles. The highest BCUT2D eigenvalue weighted by atomic mass is 16.5. The molecule has 4 rings (SSSR count). The molecule has 0 spiro atoms. The van der Waals surface area contributed by atoms with Crippen LogP contribution in [0.15, 0.2) is 57.9 Å². The summed E-state index contributed by atoms with van der Waals surface area (Å²) in [5, 5.41) is 18.6. The number of carboxylic acid groups (broad SMARTS) is 1. The van der Waals surface area contributed by atoms with Gasteiger partial charge in [-0.25, -0.2) is 4.68 Å². The van der Waals surface area contributed by atoms with E-state index in [2.05, 4.69) is 10.3 Å². The molecule has 1 N–H and O–H groups in total. The molecule has 2 heterocycles. The quantitative estimate of drug-likeness (QED) is 0.364. The predicted molar refractivity (Wildman–Crippen MR) is 120 cm³/mol. The van der Waals surface area contributed by atoms with Crippen molar-refractivity contribution in [3.05, 3.63) is 64.6 Å². The standard InChI is InChI=1S/C24H23N3O6/c1-2-11-32-16-7-8-17-19(14-33-22(17)13-16)21(28)12-15(24(30)31)9-10-27-23(29)18-5-3-4-6-20(18)25-26-27/h3-8,13-15H,2,9-12H2,1H3,(H,30,31)/t15-/m0/s1. The zero-order valence-electron chi connectivity index (χ0n) is 18.1. The number of hydrogen-bond acceptors (Lipinski definition) is 7. The third-order valence-electron chi connectivity index (χ3n) is 5.42. The number of fused-ring (bicyclic) bond motifs is 2. The van der Waals surface area contributed by atoms with E-state index >= 15 is 0 Å². The molecule has 2 aromatic carbocycles. The van der Waals surface area contributed by atoms with Crippen molar-refractivity contribution in [1.29, 1.82) is 0 Å². The number of aliphatic carboxylic acids is 1. The Bertz CT molecular complexity index is 1370. The largest absolute Gasteiger partial charge is 0.493 e. The SMILES string of the molecule is CCCOc1ccc2c(C(=O)C[C@H](CCn3nnc4ccccc4c3=O)C(=O)O)coc2c1. The van der Waals surface area contributed by atoms with Crippen molar-refractivity contribution in [2.24, 2.45) is 5.92 Å². The predicted octanol–water partition coefficient (Wildman–Crippen LogP) is 3.69. The Morgan fingerprint density at radius 2 is 2.00 bits per heavy atom. The molecule has 2 aromatic heterocycles. The molecule has 0 saturated heterocycles. The lowest BCUT2D eigenvalue weighted by Gasteiger charge is -2.12. The highest BCUT2D eigenvalue weighted by Gasteiger charge is 2.24. The molecule has 0 unspecified atom stereocenters. The van der Waals surface area contributed by atoms with Gasteiger partial charge in [0.25, 0.3) is 5.56 Å². The Labute approximate surface area is 188 Å². The summed E-state index contributed by atoms with van der Waals surface area (Å²) in [7, 11) is 0. The number of hydrogen-bond donors (Lipinski definition) is 1. The van der Waals surface area contributed by atoms with Crippen molar-refractivity contribution in [3.63, 3.8) is 0 Å². The van der Waals surface area contributed by atoms with E-state index in [0.717, 1.165) is 11.1 Å². The Morgan fingerprint density at radius 3 is 2.79 bits per heavy atom. The molecule has 0 amide bonds. The van der Waals surface area contributed by atoms with Crippen molar-refractivity contribution >= 4 is 33.6 Å². The lowest BCUT2D eigenvalue weighted by molar-refractivity contribution is -0.142. The average Bonchev–Trinajstić information content (AvgIpc) is 3.24. The normalized spacial score (nSPS) is 12.2. The van der Waals surface area contributed by atoms with Gasteiger partial charge in [-0.15, -0.1) is 5.10 Å². The second kappa shape index (κ2) is 9.64. The van der Waals surface area contributed by atoms with Gasteiger partial charge in [-0.3, -0.25) is 14.4 Å². The summed E-state index contributed by atoms with van der Waals surface area (Å²) in [6, 6.07) is 12.0. The van der Waals surface area contributed by atoms with E-state index < -0.39 is 11.9 Å². The molecule has 4 aromatic rings. The lowest BCUT2D eigenvalue weighted by Crippen LogP contribution is -2.27. The number of benzene rings is 2. The molecular weight excluding hydrogens is 426 g/mol. The molecule has 0 aliphatic heterocycles. The maximum absolute atomic E-state index is 12.9. The lowest BCUT2D eigenvalue weighted by atomic mass is 9.95. The number of carbonyl (C=O) groups excluding carboxylic acids is 1. The highest BCUT2D eigenvalue weighted by Crippen LogP contribution is 2.28. The summed E-state index contributed by atoms with van der Waals surface area (Å²) in [4.78, 5) is 37.3. The average molecular weight is 449 g/mol. The van der Waals surface area contributed by atoms with Crippen LogP contribution in [-0.4, -0.2) is 38.5 Å². The number of ketones is 1. The fourth-order valence-electron chi connectivity index (χ4n) is 3.63. The second-order valence-electron chi connectivity index (χ2n) is 7.74. The third kappa shape index (κ3) is 4.77. The van der Waals surface area contributed by atoms with Crippen LogP contribution < -0.4 is 10.3 Å². The minimum atomic E-state index is -1.12. The fraction of sp³-hybridized carbons (Fsp3) is 0.292. The summed E-state index contributed by atoms with van der Waals surface area (Å²) >= 11 is 0. The molecule has 0 fully saturated rings. The van der Waals surface area contributed by atoms with Gasteiger partial charge in [-0.2, -0.15) is 0 Å². The Hall–Kier alpha value is -4.01. The van der Waals surface area contributed by atoms with Crippen LogP contribution in [0.1, 0.15) is 36.5 Å². The summed E-state index contributed by atoms with van der Waals surface area (Å²) in [6.07, 6.45) is 2.04. The van der Waals surface area contributed by atoms with E-state index in [1.807, 2.05) is 6.92 Å². The minimum Gasteiger partial charge on any atom is -0.493 e. The molecule has 1 atom stereocenters. The first-order valence-electron chi connectivity index (χ1n) is 10.7. The van der Waals surface area contributed by atoms with Crippen molar-refractivity contribution in [2.45, 2.75) is 32.7 Å². The number of carbonyl (C=O) groups is 2. The van der Waals surface area contributed by atoms with Crippen LogP contribution in [0.4, 0.5) is 0 Å². The number of carboxylic acids is 1. The van der Waals surface area contributed by atoms with Crippen LogP contribution in [0.25, 0.3) is 21.9 Å². The van der Waals surface area contributed by atoms with E-state index in [-0.39, 0.29) is 30.7 Å². The number of nitrogens with zero attached hydrogens (tertiary/aromatic N) is 3. The number of ether oxygens (including phenoxy) is 1. The smallest absolute Gasteiger partial charge is 0.307 e. The molecular formula is C24H23N3O6. The topological polar surface area (TPSA) is 125 Å². The van der Waals surface area contributed by atoms with Gasteiger partial charge in [0.1, 0.15) is 23.1 Å². The highest BCUT2D eigenvalue weighted by molar-refractivity contribution is 6.08. The molecule has 33 heavy (non-hydrogen) atoms. The summed E-state index contributed by atoms with van der Waals surface area (Å²) in [6.45, 7) is 2.61. The monoisotopic (exact) mass is 449 g/mol. The van der Waals surface area contributed by atoms with E-state index in [0.29, 0.717) is 39.8 Å². The Kier molecular flexibility index (Phi) is 6.48. The number of aromatic nitrogens is 3. The molecule has 9 nitrogen and oxygen atoms in total. The Balaban J connectivity index is 1.48. The van der Waals surface area contributed by atoms with Crippen LogP contribution in [0, 0.1) is 5.92 Å². The van der Waals surface area contributed by atoms with E-state index in [9.17, 15) is 19.5 Å². The number of rotatable bonds is 10. The van der Waals surface area contributed by atoms with Gasteiger partial charge in [0.05, 0.1) is 23.5 Å². The van der Waals surface area contributed by atoms with Crippen LogP contribution in [-0.2, 0) is 11.3 Å². The zero-order valence-corrected chi connectivity index (χ0v) is 18.1. The van der Waals surface area contributed by atoms with Gasteiger partial charge in [0.15, 0.2) is 5.78 Å². The first kappa shape index (κ1) is 22.2. The van der Waals surface area contributed by atoms with Gasteiger partial charge in [-0.1, -0.05) is 24.3 Å². The van der Waals surface area contributed by atoms with Gasteiger partial charge < -0.3 is 14.3 Å². The second-order valence-corrected chi connectivity index (χ2v) is 7.74. The van der Waals surface area contributed by atoms with E-state index in [1.54, 1.807) is 42.5 Å².